The van der Waals surface area contributed by atoms with Gasteiger partial charge in [0.05, 0.1) is 16.8 Å². The summed E-state index contributed by atoms with van der Waals surface area (Å²) in [6, 6.07) is 81.0. The van der Waals surface area contributed by atoms with Crippen LogP contribution in [0.2, 0.25) is 0 Å². The summed E-state index contributed by atoms with van der Waals surface area (Å²) in [5, 5.41) is 4.77. The zero-order valence-corrected chi connectivity index (χ0v) is 34.4. The molecule has 11 aromatic rings. The van der Waals surface area contributed by atoms with Gasteiger partial charge in [0.2, 0.25) is 0 Å². The fourth-order valence-electron chi connectivity index (χ4n) is 10.0. The molecule has 1 aliphatic carbocycles. The second-order valence-electron chi connectivity index (χ2n) is 16.3. The van der Waals surface area contributed by atoms with Crippen molar-refractivity contribution in [3.63, 3.8) is 0 Å². The molecule has 0 spiro atoms. The lowest BCUT2D eigenvalue weighted by Crippen LogP contribution is -2.28. The van der Waals surface area contributed by atoms with Gasteiger partial charge in [0, 0.05) is 29.1 Å². The lowest BCUT2D eigenvalue weighted by Gasteiger charge is -2.34. The first-order valence-corrected chi connectivity index (χ1v) is 21.5. The first-order chi connectivity index (χ1) is 31.2. The fraction of sp³-hybridized carbons (Fsp3) is 0.0167. The summed E-state index contributed by atoms with van der Waals surface area (Å²) < 4.78 is 0. The van der Waals surface area contributed by atoms with Crippen molar-refractivity contribution < 1.29 is 0 Å². The van der Waals surface area contributed by atoms with Crippen LogP contribution in [0.15, 0.2) is 237 Å². The Morgan fingerprint density at radius 3 is 1.56 bits per heavy atom. The summed E-state index contributed by atoms with van der Waals surface area (Å²) in [4.78, 5) is 14.9. The van der Waals surface area contributed by atoms with Gasteiger partial charge in [0.25, 0.3) is 0 Å². The molecule has 0 bridgehead atoms. The second-order valence-corrected chi connectivity index (χ2v) is 16.3. The van der Waals surface area contributed by atoms with Crippen molar-refractivity contribution in [3.8, 4) is 67.3 Å². The van der Waals surface area contributed by atoms with Gasteiger partial charge in [-0.15, -0.1) is 0 Å². The van der Waals surface area contributed by atoms with E-state index in [0.29, 0.717) is 5.82 Å². The Bertz CT molecular complexity index is 3430. The van der Waals surface area contributed by atoms with Crippen LogP contribution < -0.4 is 0 Å². The first kappa shape index (κ1) is 36.6. The van der Waals surface area contributed by atoms with E-state index >= 15 is 0 Å². The molecular formula is C60H39N3. The van der Waals surface area contributed by atoms with Gasteiger partial charge in [-0.2, -0.15) is 0 Å². The maximum absolute atomic E-state index is 5.30. The second kappa shape index (κ2) is 15.0. The Kier molecular flexibility index (Phi) is 8.72. The van der Waals surface area contributed by atoms with Gasteiger partial charge >= 0.3 is 0 Å². The highest BCUT2D eigenvalue weighted by molar-refractivity contribution is 6.06. The minimum absolute atomic E-state index is 0.504. The summed E-state index contributed by atoms with van der Waals surface area (Å²) >= 11 is 0. The van der Waals surface area contributed by atoms with Gasteiger partial charge < -0.3 is 0 Å². The fourth-order valence-corrected chi connectivity index (χ4v) is 10.0. The molecule has 1 aliphatic rings. The SMILES string of the molecule is c1ccc(-c2cc(-c3ccc(-c4cccnc4)cc3)nc(-c3ccc(-c4ccc5c(c4)-c4ccc6ccccc6c4C5(c4ccccc4)c4ccccc4)c4ccccc34)n2)cc1. The molecule has 0 aliphatic heterocycles. The van der Waals surface area contributed by atoms with E-state index in [1.807, 2.05) is 18.3 Å². The van der Waals surface area contributed by atoms with Gasteiger partial charge in [-0.25, -0.2) is 9.97 Å². The minimum Gasteiger partial charge on any atom is -0.264 e. The molecular weight excluding hydrogens is 763 g/mol. The van der Waals surface area contributed by atoms with Crippen LogP contribution >= 0.6 is 0 Å². The summed E-state index contributed by atoms with van der Waals surface area (Å²) in [5.41, 5.74) is 16.5. The highest BCUT2D eigenvalue weighted by Crippen LogP contribution is 2.58. The summed E-state index contributed by atoms with van der Waals surface area (Å²) in [6.45, 7) is 0. The third-order valence-corrected chi connectivity index (χ3v) is 12.9. The summed E-state index contributed by atoms with van der Waals surface area (Å²) in [5.74, 6) is 0.690. The van der Waals surface area contributed by atoms with E-state index < -0.39 is 5.41 Å². The number of benzene rings is 9. The summed E-state index contributed by atoms with van der Waals surface area (Å²) in [7, 11) is 0. The number of pyridine rings is 1. The zero-order valence-electron chi connectivity index (χ0n) is 34.4. The lowest BCUT2D eigenvalue weighted by molar-refractivity contribution is 0.775. The molecule has 3 nitrogen and oxygen atoms in total. The van der Waals surface area contributed by atoms with Gasteiger partial charge in [0.1, 0.15) is 0 Å². The van der Waals surface area contributed by atoms with E-state index in [-0.39, 0.29) is 0 Å². The topological polar surface area (TPSA) is 38.7 Å². The molecule has 63 heavy (non-hydrogen) atoms. The van der Waals surface area contributed by atoms with Crippen LogP contribution in [0, 0.1) is 0 Å². The maximum Gasteiger partial charge on any atom is 0.161 e. The lowest BCUT2D eigenvalue weighted by atomic mass is 9.66. The monoisotopic (exact) mass is 801 g/mol. The van der Waals surface area contributed by atoms with Crippen molar-refractivity contribution in [1.82, 2.24) is 15.0 Å². The van der Waals surface area contributed by atoms with Crippen molar-refractivity contribution in [2.75, 3.05) is 0 Å². The van der Waals surface area contributed by atoms with Crippen LogP contribution in [0.5, 0.6) is 0 Å². The Hall–Kier alpha value is -8.27. The molecule has 0 amide bonds. The first-order valence-electron chi connectivity index (χ1n) is 21.5. The van der Waals surface area contributed by atoms with Crippen molar-refractivity contribution in [3.05, 3.63) is 259 Å². The smallest absolute Gasteiger partial charge is 0.161 e. The van der Waals surface area contributed by atoms with Gasteiger partial charge in [-0.05, 0) is 101 Å². The molecule has 2 aromatic heterocycles. The van der Waals surface area contributed by atoms with Crippen LogP contribution in [0.3, 0.4) is 0 Å². The van der Waals surface area contributed by atoms with Crippen molar-refractivity contribution in [2.45, 2.75) is 5.41 Å². The normalized spacial score (nSPS) is 12.6. The highest BCUT2D eigenvalue weighted by atomic mass is 14.9. The van der Waals surface area contributed by atoms with Crippen LogP contribution in [-0.2, 0) is 5.41 Å². The Balaban J connectivity index is 1.03. The van der Waals surface area contributed by atoms with E-state index in [1.165, 1.54) is 55.3 Å². The van der Waals surface area contributed by atoms with Gasteiger partial charge in [0.15, 0.2) is 5.82 Å². The predicted molar refractivity (Wildman–Crippen MR) is 259 cm³/mol. The molecule has 0 fully saturated rings. The Labute approximate surface area is 366 Å². The van der Waals surface area contributed by atoms with Crippen LogP contribution in [0.25, 0.3) is 88.8 Å². The van der Waals surface area contributed by atoms with E-state index in [9.17, 15) is 0 Å². The minimum atomic E-state index is -0.504. The van der Waals surface area contributed by atoms with E-state index in [2.05, 4.69) is 217 Å². The molecule has 294 valence electrons. The zero-order chi connectivity index (χ0) is 41.7. The third kappa shape index (κ3) is 6.01. The Morgan fingerprint density at radius 2 is 0.873 bits per heavy atom. The molecule has 0 radical (unpaired) electrons. The van der Waals surface area contributed by atoms with Crippen LogP contribution in [0.4, 0.5) is 0 Å². The number of hydrogen-bond donors (Lipinski definition) is 0. The van der Waals surface area contributed by atoms with E-state index in [4.69, 9.17) is 9.97 Å². The van der Waals surface area contributed by atoms with Crippen LogP contribution in [0.1, 0.15) is 22.3 Å². The molecule has 9 aromatic carbocycles. The molecule has 0 saturated heterocycles. The van der Waals surface area contributed by atoms with Crippen LogP contribution in [-0.4, -0.2) is 15.0 Å². The van der Waals surface area contributed by atoms with Crippen molar-refractivity contribution >= 4 is 21.5 Å². The van der Waals surface area contributed by atoms with Crippen molar-refractivity contribution in [2.24, 2.45) is 0 Å². The predicted octanol–water partition coefficient (Wildman–Crippen LogP) is 14.9. The molecule has 0 N–H and O–H groups in total. The molecule has 0 unspecified atom stereocenters. The molecule has 12 rings (SSSR count). The molecule has 3 heteroatoms. The average molecular weight is 802 g/mol. The largest absolute Gasteiger partial charge is 0.264 e. The molecule has 0 saturated carbocycles. The van der Waals surface area contributed by atoms with E-state index in [0.717, 1.165) is 50.0 Å². The molecule has 2 heterocycles. The van der Waals surface area contributed by atoms with Crippen molar-refractivity contribution in [1.29, 1.82) is 0 Å². The quantitative estimate of drug-likeness (QED) is 0.161. The Morgan fingerprint density at radius 1 is 0.333 bits per heavy atom. The number of fused-ring (bicyclic) bond motifs is 6. The highest BCUT2D eigenvalue weighted by Gasteiger charge is 2.47. The standard InChI is InChI=1S/C60H39N3/c1-4-16-42(17-5-1)56-38-57(43-28-26-40(27-29-43)45-18-14-36-61-39-45)63-59(62-56)53-34-33-48(50-24-12-13-25-51(50)53)44-31-35-55-54(37-44)52-32-30-41-15-10-11-23-49(41)58(52)60(55,46-19-6-2-7-20-46)47-21-8-3-9-22-47/h1-39H. The number of aromatic nitrogens is 3. The average Bonchev–Trinajstić information content (AvgIpc) is 3.68. The number of hydrogen-bond acceptors (Lipinski definition) is 3. The van der Waals surface area contributed by atoms with Gasteiger partial charge in [-0.3, -0.25) is 4.98 Å². The molecule has 0 atom stereocenters. The third-order valence-electron chi connectivity index (χ3n) is 12.9. The number of nitrogens with zero attached hydrogens (tertiary/aromatic N) is 3. The number of rotatable bonds is 7. The summed E-state index contributed by atoms with van der Waals surface area (Å²) in [6.07, 6.45) is 3.70. The van der Waals surface area contributed by atoms with E-state index in [1.54, 1.807) is 6.20 Å². The maximum atomic E-state index is 5.30. The van der Waals surface area contributed by atoms with Gasteiger partial charge in [-0.1, -0.05) is 200 Å².